The molecule has 126 valence electrons. The highest BCUT2D eigenvalue weighted by Gasteiger charge is 2.15. The van der Waals surface area contributed by atoms with Crippen molar-refractivity contribution in [1.29, 1.82) is 0 Å². The van der Waals surface area contributed by atoms with Gasteiger partial charge < -0.3 is 20.9 Å². The van der Waals surface area contributed by atoms with E-state index in [4.69, 9.17) is 5.73 Å². The van der Waals surface area contributed by atoms with E-state index in [0.717, 1.165) is 37.4 Å². The Bertz CT molecular complexity index is 719. The summed E-state index contributed by atoms with van der Waals surface area (Å²) >= 11 is 0. The van der Waals surface area contributed by atoms with E-state index in [2.05, 4.69) is 22.2 Å². The van der Waals surface area contributed by atoms with E-state index in [-0.39, 0.29) is 5.91 Å². The standard InChI is InChI=1S/C19H24N4O/c1-14-3-8-17(20)18(13-14)21-19(24)15-4-6-16(7-5-15)23-11-9-22(2)10-12-23/h3-8,13H,9-12,20H2,1-2H3,(H,21,24). The van der Waals surface area contributed by atoms with Gasteiger partial charge in [0.1, 0.15) is 0 Å². The third-order valence-corrected chi connectivity index (χ3v) is 4.45. The summed E-state index contributed by atoms with van der Waals surface area (Å²) in [5.41, 5.74) is 10.0. The van der Waals surface area contributed by atoms with Gasteiger partial charge in [-0.3, -0.25) is 4.79 Å². The first-order chi connectivity index (χ1) is 11.5. The lowest BCUT2D eigenvalue weighted by atomic mass is 10.1. The Labute approximate surface area is 143 Å². The molecule has 0 saturated carbocycles. The van der Waals surface area contributed by atoms with Gasteiger partial charge in [-0.1, -0.05) is 6.07 Å². The molecule has 0 unspecified atom stereocenters. The summed E-state index contributed by atoms with van der Waals surface area (Å²) < 4.78 is 0. The van der Waals surface area contributed by atoms with Crippen LogP contribution in [0.3, 0.4) is 0 Å². The van der Waals surface area contributed by atoms with Crippen LogP contribution in [-0.4, -0.2) is 44.0 Å². The van der Waals surface area contributed by atoms with Crippen molar-refractivity contribution in [1.82, 2.24) is 4.90 Å². The molecule has 1 aliphatic rings. The minimum absolute atomic E-state index is 0.141. The third-order valence-electron chi connectivity index (χ3n) is 4.45. The maximum absolute atomic E-state index is 12.4. The fourth-order valence-corrected chi connectivity index (χ4v) is 2.86. The smallest absolute Gasteiger partial charge is 0.255 e. The summed E-state index contributed by atoms with van der Waals surface area (Å²) in [4.78, 5) is 17.1. The van der Waals surface area contributed by atoms with Gasteiger partial charge in [-0.25, -0.2) is 0 Å². The minimum atomic E-state index is -0.141. The van der Waals surface area contributed by atoms with Gasteiger partial charge in [-0.2, -0.15) is 0 Å². The zero-order valence-electron chi connectivity index (χ0n) is 14.2. The molecule has 5 nitrogen and oxygen atoms in total. The number of nitrogens with one attached hydrogen (secondary N) is 1. The number of hydrogen-bond donors (Lipinski definition) is 2. The lowest BCUT2D eigenvalue weighted by Gasteiger charge is -2.34. The predicted molar refractivity (Wildman–Crippen MR) is 99.7 cm³/mol. The highest BCUT2D eigenvalue weighted by atomic mass is 16.1. The normalized spacial score (nSPS) is 15.3. The average molecular weight is 324 g/mol. The monoisotopic (exact) mass is 324 g/mol. The number of carbonyl (C=O) groups is 1. The van der Waals surface area contributed by atoms with Gasteiger partial charge in [0.2, 0.25) is 0 Å². The van der Waals surface area contributed by atoms with Crippen molar-refractivity contribution in [2.24, 2.45) is 0 Å². The van der Waals surface area contributed by atoms with Crippen LogP contribution in [-0.2, 0) is 0 Å². The first-order valence-electron chi connectivity index (χ1n) is 8.24. The van der Waals surface area contributed by atoms with Gasteiger partial charge in [0, 0.05) is 37.4 Å². The fourth-order valence-electron chi connectivity index (χ4n) is 2.86. The summed E-state index contributed by atoms with van der Waals surface area (Å²) in [5.74, 6) is -0.141. The number of piperazine rings is 1. The Morgan fingerprint density at radius 3 is 2.38 bits per heavy atom. The molecule has 3 N–H and O–H groups in total. The lowest BCUT2D eigenvalue weighted by Crippen LogP contribution is -2.44. The molecule has 1 heterocycles. The van der Waals surface area contributed by atoms with E-state index in [1.165, 1.54) is 0 Å². The number of likely N-dealkylation sites (N-methyl/N-ethyl adjacent to an activating group) is 1. The Morgan fingerprint density at radius 1 is 1.04 bits per heavy atom. The molecule has 0 aliphatic carbocycles. The van der Waals surface area contributed by atoms with Gasteiger partial charge in [-0.15, -0.1) is 0 Å². The highest BCUT2D eigenvalue weighted by molar-refractivity contribution is 6.05. The SMILES string of the molecule is Cc1ccc(N)c(NC(=O)c2ccc(N3CCN(C)CC3)cc2)c1. The fraction of sp³-hybridized carbons (Fsp3) is 0.316. The van der Waals surface area contributed by atoms with Crippen LogP contribution in [0.4, 0.5) is 17.1 Å². The van der Waals surface area contributed by atoms with Crippen molar-refractivity contribution in [2.45, 2.75) is 6.92 Å². The van der Waals surface area contributed by atoms with E-state index in [9.17, 15) is 4.79 Å². The number of amides is 1. The molecule has 1 amide bonds. The number of aryl methyl sites for hydroxylation is 1. The number of carbonyl (C=O) groups excluding carboxylic acids is 1. The molecule has 0 bridgehead atoms. The Hall–Kier alpha value is -2.53. The van der Waals surface area contributed by atoms with Gasteiger partial charge in [0.25, 0.3) is 5.91 Å². The Kier molecular flexibility index (Phi) is 4.71. The Morgan fingerprint density at radius 2 is 1.71 bits per heavy atom. The molecule has 5 heteroatoms. The molecule has 1 aliphatic heterocycles. The number of nitrogens with two attached hydrogens (primary N) is 1. The number of nitrogens with zero attached hydrogens (tertiary/aromatic N) is 2. The van der Waals surface area contributed by atoms with Crippen molar-refractivity contribution in [3.8, 4) is 0 Å². The van der Waals surface area contributed by atoms with Crippen molar-refractivity contribution in [2.75, 3.05) is 49.2 Å². The van der Waals surface area contributed by atoms with Crippen LogP contribution in [0.2, 0.25) is 0 Å². The zero-order valence-corrected chi connectivity index (χ0v) is 14.2. The topological polar surface area (TPSA) is 61.6 Å². The maximum Gasteiger partial charge on any atom is 0.255 e. The number of anilines is 3. The molecular formula is C19H24N4O. The minimum Gasteiger partial charge on any atom is -0.397 e. The summed E-state index contributed by atoms with van der Waals surface area (Å²) in [6.45, 7) is 6.13. The zero-order chi connectivity index (χ0) is 17.1. The van der Waals surface area contributed by atoms with Gasteiger partial charge >= 0.3 is 0 Å². The van der Waals surface area contributed by atoms with E-state index in [0.29, 0.717) is 16.9 Å². The predicted octanol–water partition coefficient (Wildman–Crippen LogP) is 2.58. The van der Waals surface area contributed by atoms with E-state index >= 15 is 0 Å². The molecule has 0 spiro atoms. The van der Waals surface area contributed by atoms with E-state index in [1.54, 1.807) is 6.07 Å². The van der Waals surface area contributed by atoms with Gasteiger partial charge in [0.05, 0.1) is 11.4 Å². The Balaban J connectivity index is 1.68. The molecule has 0 radical (unpaired) electrons. The van der Waals surface area contributed by atoms with Crippen molar-refractivity contribution in [3.63, 3.8) is 0 Å². The second kappa shape index (κ2) is 6.93. The van der Waals surface area contributed by atoms with Crippen molar-refractivity contribution in [3.05, 3.63) is 53.6 Å². The molecule has 2 aromatic rings. The molecule has 0 aromatic heterocycles. The first-order valence-corrected chi connectivity index (χ1v) is 8.24. The number of hydrogen-bond acceptors (Lipinski definition) is 4. The first kappa shape index (κ1) is 16.3. The van der Waals surface area contributed by atoms with Gasteiger partial charge in [0.15, 0.2) is 0 Å². The quantitative estimate of drug-likeness (QED) is 0.852. The second-order valence-electron chi connectivity index (χ2n) is 6.38. The van der Waals surface area contributed by atoms with Gasteiger partial charge in [-0.05, 0) is 55.9 Å². The third kappa shape index (κ3) is 3.68. The van der Waals surface area contributed by atoms with Crippen LogP contribution >= 0.6 is 0 Å². The average Bonchev–Trinajstić information content (AvgIpc) is 2.59. The lowest BCUT2D eigenvalue weighted by molar-refractivity contribution is 0.102. The summed E-state index contributed by atoms with van der Waals surface area (Å²) in [7, 11) is 2.14. The molecule has 2 aromatic carbocycles. The maximum atomic E-state index is 12.4. The molecule has 3 rings (SSSR count). The molecule has 24 heavy (non-hydrogen) atoms. The number of rotatable bonds is 3. The van der Waals surface area contributed by atoms with Crippen LogP contribution in [0.25, 0.3) is 0 Å². The van der Waals surface area contributed by atoms with E-state index < -0.39 is 0 Å². The number of benzene rings is 2. The van der Waals surface area contributed by atoms with Crippen molar-refractivity contribution >= 4 is 23.0 Å². The van der Waals surface area contributed by atoms with Crippen LogP contribution in [0, 0.1) is 6.92 Å². The molecule has 1 fully saturated rings. The van der Waals surface area contributed by atoms with Crippen LogP contribution in [0.15, 0.2) is 42.5 Å². The number of nitrogen functional groups attached to an aromatic ring is 1. The summed E-state index contributed by atoms with van der Waals surface area (Å²) in [5, 5.41) is 2.89. The highest BCUT2D eigenvalue weighted by Crippen LogP contribution is 2.21. The van der Waals surface area contributed by atoms with Crippen LogP contribution in [0.5, 0.6) is 0 Å². The molecule has 0 atom stereocenters. The molecule has 1 saturated heterocycles. The molecular weight excluding hydrogens is 300 g/mol. The van der Waals surface area contributed by atoms with Crippen LogP contribution in [0.1, 0.15) is 15.9 Å². The van der Waals surface area contributed by atoms with E-state index in [1.807, 2.05) is 43.3 Å². The van der Waals surface area contributed by atoms with Crippen molar-refractivity contribution < 1.29 is 4.79 Å². The summed E-state index contributed by atoms with van der Waals surface area (Å²) in [6, 6.07) is 13.4. The second-order valence-corrected chi connectivity index (χ2v) is 6.38. The largest absolute Gasteiger partial charge is 0.397 e. The summed E-state index contributed by atoms with van der Waals surface area (Å²) in [6.07, 6.45) is 0. The van der Waals surface area contributed by atoms with Crippen LogP contribution < -0.4 is 16.0 Å².